The zero-order chi connectivity index (χ0) is 12.7. The monoisotopic (exact) mass is 281 g/mol. The van der Waals surface area contributed by atoms with Crippen LogP contribution in [-0.2, 0) is 0 Å². The minimum atomic E-state index is 0.0178. The number of rotatable bonds is 1. The molecule has 3 rings (SSSR count). The van der Waals surface area contributed by atoms with Gasteiger partial charge in [-0.05, 0) is 30.9 Å². The minimum Gasteiger partial charge on any atom is -0.357 e. The van der Waals surface area contributed by atoms with Crippen molar-refractivity contribution in [3.63, 3.8) is 0 Å². The molecule has 1 aliphatic rings. The summed E-state index contributed by atoms with van der Waals surface area (Å²) in [6, 6.07) is 5.10. The van der Waals surface area contributed by atoms with Gasteiger partial charge in [-0.15, -0.1) is 0 Å². The van der Waals surface area contributed by atoms with Crippen LogP contribution in [-0.4, -0.2) is 4.98 Å². The summed E-state index contributed by atoms with van der Waals surface area (Å²) in [7, 11) is 0. The molecule has 0 aliphatic heterocycles. The van der Waals surface area contributed by atoms with Crippen molar-refractivity contribution in [2.75, 3.05) is 0 Å². The second-order valence-corrected chi connectivity index (χ2v) is 5.64. The van der Waals surface area contributed by atoms with Gasteiger partial charge in [-0.2, -0.15) is 0 Å². The lowest BCUT2D eigenvalue weighted by Gasteiger charge is -2.11. The van der Waals surface area contributed by atoms with E-state index in [-0.39, 0.29) is 5.43 Å². The highest BCUT2D eigenvalue weighted by molar-refractivity contribution is 6.44. The lowest BCUT2D eigenvalue weighted by molar-refractivity contribution is 0.700. The fourth-order valence-electron chi connectivity index (χ4n) is 2.73. The van der Waals surface area contributed by atoms with Crippen LogP contribution in [0.1, 0.15) is 37.3 Å². The van der Waals surface area contributed by atoms with Gasteiger partial charge < -0.3 is 4.98 Å². The van der Waals surface area contributed by atoms with E-state index in [1.807, 2.05) is 0 Å². The van der Waals surface area contributed by atoms with Gasteiger partial charge in [0.05, 0.1) is 15.6 Å². The molecule has 0 saturated heterocycles. The van der Waals surface area contributed by atoms with E-state index in [1.54, 1.807) is 18.2 Å². The first-order valence-corrected chi connectivity index (χ1v) is 6.93. The third kappa shape index (κ3) is 1.94. The highest BCUT2D eigenvalue weighted by Crippen LogP contribution is 2.34. The summed E-state index contributed by atoms with van der Waals surface area (Å²) in [4.78, 5) is 15.4. The maximum absolute atomic E-state index is 12.1. The van der Waals surface area contributed by atoms with Crippen molar-refractivity contribution < 1.29 is 0 Å². The highest BCUT2D eigenvalue weighted by Gasteiger charge is 2.19. The van der Waals surface area contributed by atoms with Gasteiger partial charge in [0, 0.05) is 17.1 Å². The van der Waals surface area contributed by atoms with Gasteiger partial charge in [0.15, 0.2) is 5.43 Å². The molecule has 4 heteroatoms. The summed E-state index contributed by atoms with van der Waals surface area (Å²) < 4.78 is 0. The van der Waals surface area contributed by atoms with E-state index >= 15 is 0 Å². The molecule has 1 heterocycles. The van der Waals surface area contributed by atoms with Crippen molar-refractivity contribution in [3.05, 3.63) is 44.2 Å². The molecule has 1 aromatic heterocycles. The summed E-state index contributed by atoms with van der Waals surface area (Å²) in [5, 5.41) is 1.51. The summed E-state index contributed by atoms with van der Waals surface area (Å²) in [6.45, 7) is 0. The van der Waals surface area contributed by atoms with Gasteiger partial charge in [0.2, 0.25) is 0 Å². The molecule has 0 bridgehead atoms. The standard InChI is InChI=1S/C14H13Cl2NO/c15-10-6-5-9-12(18)7-11(8-3-1-2-4-8)17-14(9)13(10)16/h5-8H,1-4H2,(H,17,18). The molecular formula is C14H13Cl2NO. The van der Waals surface area contributed by atoms with E-state index in [9.17, 15) is 4.79 Å². The Balaban J connectivity index is 2.24. The fourth-order valence-corrected chi connectivity index (χ4v) is 3.10. The number of pyridine rings is 1. The van der Waals surface area contributed by atoms with Crippen LogP contribution in [0.5, 0.6) is 0 Å². The van der Waals surface area contributed by atoms with E-state index in [4.69, 9.17) is 23.2 Å². The summed E-state index contributed by atoms with van der Waals surface area (Å²) in [6.07, 6.45) is 4.74. The van der Waals surface area contributed by atoms with E-state index in [0.717, 1.165) is 18.5 Å². The van der Waals surface area contributed by atoms with Gasteiger partial charge in [-0.1, -0.05) is 36.0 Å². The number of benzene rings is 1. The number of H-pyrrole nitrogens is 1. The van der Waals surface area contributed by atoms with Crippen molar-refractivity contribution in [2.45, 2.75) is 31.6 Å². The number of aromatic amines is 1. The zero-order valence-corrected chi connectivity index (χ0v) is 11.3. The molecule has 1 aliphatic carbocycles. The maximum atomic E-state index is 12.1. The fraction of sp³-hybridized carbons (Fsp3) is 0.357. The molecule has 2 nitrogen and oxygen atoms in total. The Hall–Kier alpha value is -0.990. The number of halogens is 2. The smallest absolute Gasteiger partial charge is 0.189 e. The van der Waals surface area contributed by atoms with Crippen molar-refractivity contribution in [1.82, 2.24) is 4.98 Å². The van der Waals surface area contributed by atoms with Crippen LogP contribution in [0.4, 0.5) is 0 Å². The Kier molecular flexibility index (Phi) is 3.08. The highest BCUT2D eigenvalue weighted by atomic mass is 35.5. The van der Waals surface area contributed by atoms with Crippen LogP contribution in [0, 0.1) is 0 Å². The van der Waals surface area contributed by atoms with Gasteiger partial charge in [-0.3, -0.25) is 4.79 Å². The molecule has 1 N–H and O–H groups in total. The van der Waals surface area contributed by atoms with E-state index in [1.165, 1.54) is 12.8 Å². The average molecular weight is 282 g/mol. The Bertz CT molecular complexity index is 657. The minimum absolute atomic E-state index is 0.0178. The number of nitrogens with one attached hydrogen (secondary N) is 1. The normalized spacial score (nSPS) is 16.6. The predicted octanol–water partition coefficient (Wildman–Crippen LogP) is 4.49. The topological polar surface area (TPSA) is 32.9 Å². The van der Waals surface area contributed by atoms with Crippen LogP contribution >= 0.6 is 23.2 Å². The zero-order valence-electron chi connectivity index (χ0n) is 9.80. The van der Waals surface area contributed by atoms with Crippen molar-refractivity contribution >= 4 is 34.1 Å². The first kappa shape index (κ1) is 12.1. The van der Waals surface area contributed by atoms with Crippen molar-refractivity contribution in [3.8, 4) is 0 Å². The molecule has 1 aromatic carbocycles. The molecule has 0 amide bonds. The summed E-state index contributed by atoms with van der Waals surface area (Å²) in [5.41, 5.74) is 1.68. The average Bonchev–Trinajstić information content (AvgIpc) is 2.88. The molecule has 2 aromatic rings. The van der Waals surface area contributed by atoms with Crippen LogP contribution in [0.3, 0.4) is 0 Å². The molecule has 0 atom stereocenters. The molecule has 0 radical (unpaired) electrons. The van der Waals surface area contributed by atoms with E-state index < -0.39 is 0 Å². The molecule has 0 unspecified atom stereocenters. The number of aromatic nitrogens is 1. The Morgan fingerprint density at radius 1 is 1.17 bits per heavy atom. The number of fused-ring (bicyclic) bond motifs is 1. The van der Waals surface area contributed by atoms with Crippen molar-refractivity contribution in [1.29, 1.82) is 0 Å². The van der Waals surface area contributed by atoms with Gasteiger partial charge >= 0.3 is 0 Å². The molecule has 1 saturated carbocycles. The Morgan fingerprint density at radius 3 is 2.61 bits per heavy atom. The Morgan fingerprint density at radius 2 is 1.89 bits per heavy atom. The molecule has 94 valence electrons. The molecular weight excluding hydrogens is 269 g/mol. The van der Waals surface area contributed by atoms with E-state index in [0.29, 0.717) is 26.9 Å². The lowest BCUT2D eigenvalue weighted by Crippen LogP contribution is -2.07. The Labute approximate surface area is 115 Å². The van der Waals surface area contributed by atoms with Gasteiger partial charge in [-0.25, -0.2) is 0 Å². The quantitative estimate of drug-likeness (QED) is 0.821. The second-order valence-electron chi connectivity index (χ2n) is 4.85. The second kappa shape index (κ2) is 4.60. The van der Waals surface area contributed by atoms with Crippen LogP contribution < -0.4 is 5.43 Å². The summed E-state index contributed by atoms with van der Waals surface area (Å²) >= 11 is 12.2. The first-order chi connectivity index (χ1) is 8.66. The summed E-state index contributed by atoms with van der Waals surface area (Å²) in [5.74, 6) is 0.456. The SMILES string of the molecule is O=c1cc(C2CCCC2)[nH]c2c(Cl)c(Cl)ccc12. The number of hydrogen-bond acceptors (Lipinski definition) is 1. The predicted molar refractivity (Wildman–Crippen MR) is 75.8 cm³/mol. The third-order valence-corrected chi connectivity index (χ3v) is 4.52. The molecule has 18 heavy (non-hydrogen) atoms. The first-order valence-electron chi connectivity index (χ1n) is 6.18. The molecule has 1 fully saturated rings. The number of hydrogen-bond donors (Lipinski definition) is 1. The largest absolute Gasteiger partial charge is 0.357 e. The van der Waals surface area contributed by atoms with Gasteiger partial charge in [0.25, 0.3) is 0 Å². The molecule has 0 spiro atoms. The van der Waals surface area contributed by atoms with Crippen molar-refractivity contribution in [2.24, 2.45) is 0 Å². The van der Waals surface area contributed by atoms with Gasteiger partial charge in [0.1, 0.15) is 0 Å². The van der Waals surface area contributed by atoms with Crippen LogP contribution in [0.25, 0.3) is 10.9 Å². The van der Waals surface area contributed by atoms with Crippen LogP contribution in [0.15, 0.2) is 23.0 Å². The third-order valence-electron chi connectivity index (χ3n) is 3.71. The lowest BCUT2D eigenvalue weighted by atomic mass is 10.0. The van der Waals surface area contributed by atoms with Crippen LogP contribution in [0.2, 0.25) is 10.0 Å². The van der Waals surface area contributed by atoms with E-state index in [2.05, 4.69) is 4.98 Å². The maximum Gasteiger partial charge on any atom is 0.189 e.